The van der Waals surface area contributed by atoms with E-state index >= 15 is 0 Å². The molecule has 0 spiro atoms. The Morgan fingerprint density at radius 3 is 2.67 bits per heavy atom. The summed E-state index contributed by atoms with van der Waals surface area (Å²) in [5.74, 6) is -0.556. The second-order valence-electron chi connectivity index (χ2n) is 7.74. The van der Waals surface area contributed by atoms with Crippen LogP contribution in [-0.2, 0) is 13.0 Å². The fourth-order valence-electron chi connectivity index (χ4n) is 3.44. The molecule has 0 bridgehead atoms. The number of nitrogens with one attached hydrogen (secondary N) is 3. The molecule has 142 valence electrons. The number of ketones is 1. The van der Waals surface area contributed by atoms with Crippen LogP contribution in [0.5, 0.6) is 0 Å². The van der Waals surface area contributed by atoms with E-state index in [1.165, 1.54) is 6.07 Å². The number of pyridine rings is 1. The van der Waals surface area contributed by atoms with Crippen LogP contribution in [0, 0.1) is 5.41 Å². The first kappa shape index (κ1) is 19.0. The molecule has 0 radical (unpaired) electrons. The monoisotopic (exact) mass is 367 g/mol. The Hall–Kier alpha value is -2.73. The van der Waals surface area contributed by atoms with E-state index in [2.05, 4.69) is 15.6 Å². The molecule has 6 nitrogen and oxygen atoms in total. The smallest absolute Gasteiger partial charge is 0.261 e. The average molecular weight is 367 g/mol. The van der Waals surface area contributed by atoms with Crippen LogP contribution in [-0.4, -0.2) is 23.2 Å². The van der Waals surface area contributed by atoms with Gasteiger partial charge in [-0.3, -0.25) is 14.4 Å². The van der Waals surface area contributed by atoms with Crippen molar-refractivity contribution in [1.29, 1.82) is 0 Å². The summed E-state index contributed by atoms with van der Waals surface area (Å²) in [6.45, 7) is 7.42. The van der Waals surface area contributed by atoms with E-state index in [0.29, 0.717) is 36.3 Å². The first-order chi connectivity index (χ1) is 12.8. The summed E-state index contributed by atoms with van der Waals surface area (Å²) in [7, 11) is 0. The maximum atomic E-state index is 12.7. The summed E-state index contributed by atoms with van der Waals surface area (Å²) in [5, 5.41) is 6.02. The van der Waals surface area contributed by atoms with E-state index in [1.807, 2.05) is 39.0 Å². The van der Waals surface area contributed by atoms with E-state index in [4.69, 9.17) is 0 Å². The van der Waals surface area contributed by atoms with Crippen molar-refractivity contribution < 1.29 is 9.59 Å². The van der Waals surface area contributed by atoms with Gasteiger partial charge in [0.1, 0.15) is 5.56 Å². The van der Waals surface area contributed by atoms with Crippen molar-refractivity contribution in [3.63, 3.8) is 0 Å². The molecule has 6 heteroatoms. The molecule has 3 N–H and O–H groups in total. The lowest BCUT2D eigenvalue weighted by atomic mass is 9.75. The maximum absolute atomic E-state index is 12.7. The summed E-state index contributed by atoms with van der Waals surface area (Å²) in [6.07, 6.45) is 1.01. The first-order valence-electron chi connectivity index (χ1n) is 9.20. The van der Waals surface area contributed by atoms with Crippen LogP contribution in [0.2, 0.25) is 0 Å². The summed E-state index contributed by atoms with van der Waals surface area (Å²) in [5.41, 5.74) is 1.93. The highest BCUT2D eigenvalue weighted by Crippen LogP contribution is 2.33. The number of benzene rings is 1. The molecule has 1 amide bonds. The molecule has 1 aliphatic carbocycles. The number of rotatable bonds is 5. The number of Topliss-reactive ketones (excluding diaryl/α,β-unsaturated/α-hetero) is 1. The lowest BCUT2D eigenvalue weighted by Gasteiger charge is -2.29. The SMILES string of the molecule is CCNCc1ccccc1NC(=O)c1cc2c([nH]c1=O)CC(C)(C)CC2=O. The highest BCUT2D eigenvalue weighted by Gasteiger charge is 2.32. The molecule has 27 heavy (non-hydrogen) atoms. The number of carbonyl (C=O) groups excluding carboxylic acids is 2. The Morgan fingerprint density at radius 1 is 1.19 bits per heavy atom. The van der Waals surface area contributed by atoms with Gasteiger partial charge in [0.25, 0.3) is 11.5 Å². The maximum Gasteiger partial charge on any atom is 0.261 e. The van der Waals surface area contributed by atoms with Crippen LogP contribution in [0.15, 0.2) is 35.1 Å². The first-order valence-corrected chi connectivity index (χ1v) is 9.20. The number of aromatic amines is 1. The predicted octanol–water partition coefficient (Wildman–Crippen LogP) is 2.89. The van der Waals surface area contributed by atoms with Gasteiger partial charge in [-0.15, -0.1) is 0 Å². The molecule has 1 heterocycles. The fraction of sp³-hybridized carbons (Fsp3) is 0.381. The van der Waals surface area contributed by atoms with Gasteiger partial charge in [-0.25, -0.2) is 0 Å². The lowest BCUT2D eigenvalue weighted by Crippen LogP contribution is -2.33. The van der Waals surface area contributed by atoms with E-state index < -0.39 is 11.5 Å². The van der Waals surface area contributed by atoms with Gasteiger partial charge >= 0.3 is 0 Å². The van der Waals surface area contributed by atoms with E-state index in [9.17, 15) is 14.4 Å². The minimum Gasteiger partial charge on any atom is -0.325 e. The third-order valence-corrected chi connectivity index (χ3v) is 4.79. The third-order valence-electron chi connectivity index (χ3n) is 4.79. The third kappa shape index (κ3) is 4.17. The standard InChI is InChI=1S/C21H25N3O3/c1-4-22-12-13-7-5-6-8-16(13)23-19(26)15-9-14-17(24-20(15)27)10-21(2,3)11-18(14)25/h5-9,22H,4,10-12H2,1-3H3,(H,23,26)(H,24,27). The molecule has 1 aromatic heterocycles. The molecule has 2 aromatic rings. The fourth-order valence-corrected chi connectivity index (χ4v) is 3.44. The van der Waals surface area contributed by atoms with Crippen molar-refractivity contribution in [3.8, 4) is 0 Å². The number of hydrogen-bond acceptors (Lipinski definition) is 4. The molecule has 1 aliphatic rings. The molecule has 3 rings (SSSR count). The summed E-state index contributed by atoms with van der Waals surface area (Å²) in [4.78, 5) is 40.4. The normalized spacial score (nSPS) is 15.3. The van der Waals surface area contributed by atoms with Crippen LogP contribution in [0.3, 0.4) is 0 Å². The van der Waals surface area contributed by atoms with Crippen LogP contribution in [0.1, 0.15) is 59.2 Å². The molecule has 0 fully saturated rings. The molecule has 0 saturated heterocycles. The van der Waals surface area contributed by atoms with Gasteiger partial charge in [-0.1, -0.05) is 39.0 Å². The highest BCUT2D eigenvalue weighted by atomic mass is 16.2. The number of para-hydroxylation sites is 1. The Balaban J connectivity index is 1.90. The Morgan fingerprint density at radius 2 is 1.93 bits per heavy atom. The Bertz CT molecular complexity index is 944. The summed E-state index contributed by atoms with van der Waals surface area (Å²) in [6, 6.07) is 8.88. The van der Waals surface area contributed by atoms with E-state index in [-0.39, 0.29) is 16.8 Å². The van der Waals surface area contributed by atoms with Crippen LogP contribution in [0.25, 0.3) is 0 Å². The molecule has 0 unspecified atom stereocenters. The average Bonchev–Trinajstić information content (AvgIpc) is 2.59. The number of carbonyl (C=O) groups is 2. The summed E-state index contributed by atoms with van der Waals surface area (Å²) >= 11 is 0. The van der Waals surface area contributed by atoms with Gasteiger partial charge in [0.05, 0.1) is 0 Å². The van der Waals surface area contributed by atoms with Gasteiger partial charge in [-0.2, -0.15) is 0 Å². The second-order valence-corrected chi connectivity index (χ2v) is 7.74. The number of hydrogen-bond donors (Lipinski definition) is 3. The molecule has 0 aliphatic heterocycles. The van der Waals surface area contributed by atoms with Crippen molar-refractivity contribution >= 4 is 17.4 Å². The second kappa shape index (κ2) is 7.48. The van der Waals surface area contributed by atoms with Gasteiger partial charge in [-0.05, 0) is 36.1 Å². The zero-order chi connectivity index (χ0) is 19.6. The number of H-pyrrole nitrogens is 1. The highest BCUT2D eigenvalue weighted by molar-refractivity contribution is 6.07. The van der Waals surface area contributed by atoms with Crippen LogP contribution in [0.4, 0.5) is 5.69 Å². The zero-order valence-corrected chi connectivity index (χ0v) is 15.9. The van der Waals surface area contributed by atoms with Gasteiger partial charge in [0.2, 0.25) is 0 Å². The quantitative estimate of drug-likeness (QED) is 0.758. The Labute approximate surface area is 158 Å². The van der Waals surface area contributed by atoms with E-state index in [1.54, 1.807) is 6.07 Å². The van der Waals surface area contributed by atoms with E-state index in [0.717, 1.165) is 12.1 Å². The minimum atomic E-state index is -0.513. The van der Waals surface area contributed by atoms with Crippen molar-refractivity contribution in [2.24, 2.45) is 5.41 Å². The minimum absolute atomic E-state index is 0.0416. The van der Waals surface area contributed by atoms with Crippen LogP contribution < -0.4 is 16.2 Å². The van der Waals surface area contributed by atoms with Crippen molar-refractivity contribution in [2.45, 2.75) is 40.2 Å². The molecule has 1 aromatic carbocycles. The lowest BCUT2D eigenvalue weighted by molar-refractivity contribution is 0.0910. The van der Waals surface area contributed by atoms with Crippen molar-refractivity contribution in [3.05, 3.63) is 63.1 Å². The molecular weight excluding hydrogens is 342 g/mol. The van der Waals surface area contributed by atoms with Gasteiger partial charge in [0.15, 0.2) is 5.78 Å². The number of anilines is 1. The number of fused-ring (bicyclic) bond motifs is 1. The molecular formula is C21H25N3O3. The Kier molecular flexibility index (Phi) is 5.28. The predicted molar refractivity (Wildman–Crippen MR) is 105 cm³/mol. The van der Waals surface area contributed by atoms with Crippen molar-refractivity contribution in [2.75, 3.05) is 11.9 Å². The number of amides is 1. The zero-order valence-electron chi connectivity index (χ0n) is 15.9. The largest absolute Gasteiger partial charge is 0.325 e. The van der Waals surface area contributed by atoms with Gasteiger partial charge < -0.3 is 15.6 Å². The topological polar surface area (TPSA) is 91.1 Å². The summed E-state index contributed by atoms with van der Waals surface area (Å²) < 4.78 is 0. The van der Waals surface area contributed by atoms with Crippen molar-refractivity contribution in [1.82, 2.24) is 10.3 Å². The van der Waals surface area contributed by atoms with Crippen LogP contribution >= 0.6 is 0 Å². The van der Waals surface area contributed by atoms with Gasteiger partial charge in [0, 0.05) is 29.9 Å². The molecule has 0 saturated carbocycles. The number of aromatic nitrogens is 1. The molecule has 0 atom stereocenters.